The van der Waals surface area contributed by atoms with Crippen LogP contribution in [0.15, 0.2) is 53.7 Å². The van der Waals surface area contributed by atoms with E-state index in [9.17, 15) is 9.59 Å². The van der Waals surface area contributed by atoms with Crippen molar-refractivity contribution >= 4 is 11.7 Å². The third-order valence-electron chi connectivity index (χ3n) is 3.10. The van der Waals surface area contributed by atoms with Crippen LogP contribution in [0.25, 0.3) is 0 Å². The van der Waals surface area contributed by atoms with Gasteiger partial charge in [0.1, 0.15) is 11.2 Å². The van der Waals surface area contributed by atoms with Gasteiger partial charge in [0.05, 0.1) is 0 Å². The summed E-state index contributed by atoms with van der Waals surface area (Å²) in [7, 11) is 0. The molecule has 1 aromatic carbocycles. The van der Waals surface area contributed by atoms with Gasteiger partial charge in [-0.2, -0.15) is 0 Å². The van der Waals surface area contributed by atoms with Crippen molar-refractivity contribution in [2.45, 2.75) is 26.8 Å². The van der Waals surface area contributed by atoms with E-state index in [4.69, 9.17) is 4.74 Å². The van der Waals surface area contributed by atoms with Gasteiger partial charge in [0.15, 0.2) is 12.4 Å². The van der Waals surface area contributed by atoms with Crippen LogP contribution in [0.3, 0.4) is 0 Å². The molecule has 120 valence electrons. The Morgan fingerprint density at radius 2 is 1.96 bits per heavy atom. The summed E-state index contributed by atoms with van der Waals surface area (Å²) in [6.07, 6.45) is 1.67. The molecule has 2 aromatic rings. The molecule has 0 amide bonds. The number of ketones is 1. The standard InChI is InChI=1S/C18H20N2O3/c1-13(2)19-17-9-4-5-10-20(17)18(22)12-23-16-8-6-7-15(11-16)14(3)21/h4-11,13H,12H2,1-3H3. The first-order valence-corrected chi connectivity index (χ1v) is 7.46. The van der Waals surface area contributed by atoms with Crippen LogP contribution in [0.5, 0.6) is 5.75 Å². The molecule has 2 rings (SSSR count). The SMILES string of the molecule is CC(=O)c1cccc(OCC(=O)n2ccccc2=NC(C)C)c1. The summed E-state index contributed by atoms with van der Waals surface area (Å²) in [6.45, 7) is 5.26. The van der Waals surface area contributed by atoms with Gasteiger partial charge in [0.25, 0.3) is 5.91 Å². The zero-order chi connectivity index (χ0) is 16.8. The maximum Gasteiger partial charge on any atom is 0.270 e. The molecule has 0 atom stereocenters. The van der Waals surface area contributed by atoms with Gasteiger partial charge in [0, 0.05) is 17.8 Å². The van der Waals surface area contributed by atoms with Crippen molar-refractivity contribution in [3.05, 3.63) is 59.7 Å². The van der Waals surface area contributed by atoms with Gasteiger partial charge in [-0.15, -0.1) is 0 Å². The molecule has 23 heavy (non-hydrogen) atoms. The lowest BCUT2D eigenvalue weighted by Crippen LogP contribution is -2.31. The van der Waals surface area contributed by atoms with Gasteiger partial charge in [0.2, 0.25) is 0 Å². The van der Waals surface area contributed by atoms with Gasteiger partial charge in [-0.05, 0) is 45.0 Å². The fraction of sp³-hybridized carbons (Fsp3) is 0.278. The summed E-state index contributed by atoms with van der Waals surface area (Å²) < 4.78 is 6.98. The lowest BCUT2D eigenvalue weighted by molar-refractivity contribution is 0.0831. The zero-order valence-corrected chi connectivity index (χ0v) is 13.5. The van der Waals surface area contributed by atoms with Crippen molar-refractivity contribution in [1.29, 1.82) is 0 Å². The summed E-state index contributed by atoms with van der Waals surface area (Å²) in [5.74, 6) is 0.223. The van der Waals surface area contributed by atoms with E-state index in [0.29, 0.717) is 16.8 Å². The van der Waals surface area contributed by atoms with Crippen molar-refractivity contribution in [3.8, 4) is 5.75 Å². The highest BCUT2D eigenvalue weighted by molar-refractivity contribution is 5.94. The van der Waals surface area contributed by atoms with Gasteiger partial charge in [-0.25, -0.2) is 0 Å². The largest absolute Gasteiger partial charge is 0.484 e. The maximum atomic E-state index is 12.4. The number of carbonyl (C=O) groups excluding carboxylic acids is 2. The molecule has 0 aliphatic rings. The van der Waals surface area contributed by atoms with Crippen LogP contribution >= 0.6 is 0 Å². The highest BCUT2D eigenvalue weighted by atomic mass is 16.5. The lowest BCUT2D eigenvalue weighted by Gasteiger charge is -2.09. The van der Waals surface area contributed by atoms with Crippen LogP contribution in [0.4, 0.5) is 0 Å². The van der Waals surface area contributed by atoms with Crippen LogP contribution in [-0.4, -0.2) is 28.9 Å². The summed E-state index contributed by atoms with van der Waals surface area (Å²) in [4.78, 5) is 28.1. The first-order chi connectivity index (χ1) is 11.0. The number of hydrogen-bond donors (Lipinski definition) is 0. The average molecular weight is 312 g/mol. The Bertz CT molecular complexity index is 776. The van der Waals surface area contributed by atoms with E-state index in [1.807, 2.05) is 19.9 Å². The Morgan fingerprint density at radius 3 is 2.65 bits per heavy atom. The molecule has 1 heterocycles. The molecule has 0 unspecified atom stereocenters. The summed E-state index contributed by atoms with van der Waals surface area (Å²) in [6, 6.07) is 12.3. The molecule has 0 fully saturated rings. The van der Waals surface area contributed by atoms with E-state index in [0.717, 1.165) is 0 Å². The Kier molecular flexibility index (Phi) is 5.46. The van der Waals surface area contributed by atoms with E-state index >= 15 is 0 Å². The minimum absolute atomic E-state index is 0.0442. The number of benzene rings is 1. The normalized spacial score (nSPS) is 11.6. The van der Waals surface area contributed by atoms with E-state index < -0.39 is 0 Å². The number of rotatable bonds is 5. The molecular formula is C18H20N2O3. The minimum Gasteiger partial charge on any atom is -0.484 e. The summed E-state index contributed by atoms with van der Waals surface area (Å²) in [5.41, 5.74) is 1.14. The van der Waals surface area contributed by atoms with Gasteiger partial charge in [-0.1, -0.05) is 18.2 Å². The third-order valence-corrected chi connectivity index (χ3v) is 3.10. The first kappa shape index (κ1) is 16.7. The Labute approximate surface area is 135 Å². The Balaban J connectivity index is 2.15. The Morgan fingerprint density at radius 1 is 1.17 bits per heavy atom. The zero-order valence-electron chi connectivity index (χ0n) is 13.5. The van der Waals surface area contributed by atoms with Crippen molar-refractivity contribution < 1.29 is 14.3 Å². The monoisotopic (exact) mass is 312 g/mol. The number of nitrogens with zero attached hydrogens (tertiary/aromatic N) is 2. The van der Waals surface area contributed by atoms with Crippen LogP contribution in [0.1, 0.15) is 35.9 Å². The van der Waals surface area contributed by atoms with Crippen LogP contribution in [0.2, 0.25) is 0 Å². The number of pyridine rings is 1. The quantitative estimate of drug-likeness (QED) is 0.798. The molecule has 0 aliphatic carbocycles. The van der Waals surface area contributed by atoms with E-state index in [2.05, 4.69) is 4.99 Å². The van der Waals surface area contributed by atoms with Crippen molar-refractivity contribution in [3.63, 3.8) is 0 Å². The van der Waals surface area contributed by atoms with E-state index in [1.165, 1.54) is 11.5 Å². The fourth-order valence-electron chi connectivity index (χ4n) is 2.03. The average Bonchev–Trinajstić information content (AvgIpc) is 2.53. The van der Waals surface area contributed by atoms with Crippen LogP contribution in [0, 0.1) is 0 Å². The third kappa shape index (κ3) is 4.64. The molecule has 0 saturated heterocycles. The highest BCUT2D eigenvalue weighted by Gasteiger charge is 2.08. The second-order valence-corrected chi connectivity index (χ2v) is 5.42. The maximum absolute atomic E-state index is 12.4. The fourth-order valence-corrected chi connectivity index (χ4v) is 2.03. The molecule has 5 heteroatoms. The highest BCUT2D eigenvalue weighted by Crippen LogP contribution is 2.13. The van der Waals surface area contributed by atoms with Crippen LogP contribution in [-0.2, 0) is 0 Å². The second-order valence-electron chi connectivity index (χ2n) is 5.42. The number of carbonyl (C=O) groups is 2. The van der Waals surface area contributed by atoms with Gasteiger partial charge in [-0.3, -0.25) is 19.1 Å². The topological polar surface area (TPSA) is 60.7 Å². The predicted octanol–water partition coefficient (Wildman–Crippen LogP) is 2.72. The number of Topliss-reactive ketones (excluding diaryl/α,β-unsaturated/α-hetero) is 1. The number of ether oxygens (including phenoxy) is 1. The molecule has 0 bridgehead atoms. The molecular weight excluding hydrogens is 292 g/mol. The Hall–Kier alpha value is -2.69. The molecule has 1 aromatic heterocycles. The second kappa shape index (κ2) is 7.54. The van der Waals surface area contributed by atoms with Crippen molar-refractivity contribution in [2.75, 3.05) is 6.61 Å². The summed E-state index contributed by atoms with van der Waals surface area (Å²) in [5, 5.41) is 0. The number of aromatic nitrogens is 1. The smallest absolute Gasteiger partial charge is 0.270 e. The van der Waals surface area contributed by atoms with Crippen molar-refractivity contribution in [2.24, 2.45) is 4.99 Å². The van der Waals surface area contributed by atoms with Crippen LogP contribution < -0.4 is 10.2 Å². The molecule has 0 N–H and O–H groups in total. The van der Waals surface area contributed by atoms with E-state index in [-0.39, 0.29) is 24.3 Å². The predicted molar refractivity (Wildman–Crippen MR) is 87.7 cm³/mol. The summed E-state index contributed by atoms with van der Waals surface area (Å²) >= 11 is 0. The van der Waals surface area contributed by atoms with E-state index in [1.54, 1.807) is 42.6 Å². The molecule has 5 nitrogen and oxygen atoms in total. The molecule has 0 saturated carbocycles. The first-order valence-electron chi connectivity index (χ1n) is 7.46. The molecule has 0 spiro atoms. The molecule has 0 radical (unpaired) electrons. The van der Waals surface area contributed by atoms with Gasteiger partial charge >= 0.3 is 0 Å². The minimum atomic E-state index is -0.224. The number of hydrogen-bond acceptors (Lipinski definition) is 4. The lowest BCUT2D eigenvalue weighted by atomic mass is 10.1. The molecule has 0 aliphatic heterocycles. The van der Waals surface area contributed by atoms with Gasteiger partial charge < -0.3 is 4.74 Å². The van der Waals surface area contributed by atoms with Crippen molar-refractivity contribution in [1.82, 2.24) is 4.57 Å².